The summed E-state index contributed by atoms with van der Waals surface area (Å²) in [5.41, 5.74) is 2.99. The van der Waals surface area contributed by atoms with Crippen LogP contribution in [0.25, 0.3) is 0 Å². The summed E-state index contributed by atoms with van der Waals surface area (Å²) in [5, 5.41) is 8.85. The van der Waals surface area contributed by atoms with Gasteiger partial charge in [0.25, 0.3) is 5.91 Å². The smallest absolute Gasteiger partial charge is 0.257 e. The number of nitrogens with one attached hydrogen (secondary N) is 1. The van der Waals surface area contributed by atoms with E-state index in [1.54, 1.807) is 11.3 Å². The Morgan fingerprint density at radius 1 is 1.24 bits per heavy atom. The number of nitrogens with zero attached hydrogens (tertiary/aromatic N) is 3. The number of likely N-dealkylation sites (tertiary alicyclic amines) is 1. The molecule has 7 heteroatoms. The standard InChI is InChI=1S/C22H26N4OS2/c1-22(2,3)16-8-6-15(7-9-16)20(27)25-21-24-17(14-29-21)18-5-4-11-26(18)13-19-23-10-12-28-19/h6-10,12,14,18H,4-5,11,13H2,1-3H3,(H,24,25,27). The molecule has 0 saturated carbocycles. The van der Waals surface area contributed by atoms with Crippen molar-refractivity contribution < 1.29 is 4.79 Å². The van der Waals surface area contributed by atoms with Crippen LogP contribution in [-0.2, 0) is 12.0 Å². The molecule has 2 aromatic heterocycles. The lowest BCUT2D eigenvalue weighted by molar-refractivity contribution is 0.102. The first-order chi connectivity index (χ1) is 13.9. The number of carbonyl (C=O) groups excluding carboxylic acids is 1. The highest BCUT2D eigenvalue weighted by Gasteiger charge is 2.28. The van der Waals surface area contributed by atoms with Crippen molar-refractivity contribution in [3.8, 4) is 0 Å². The van der Waals surface area contributed by atoms with Crippen molar-refractivity contribution in [3.05, 3.63) is 63.1 Å². The van der Waals surface area contributed by atoms with Gasteiger partial charge in [-0.1, -0.05) is 32.9 Å². The van der Waals surface area contributed by atoms with Gasteiger partial charge in [0.05, 0.1) is 18.3 Å². The Bertz CT molecular complexity index is 958. The van der Waals surface area contributed by atoms with Crippen molar-refractivity contribution in [3.63, 3.8) is 0 Å². The Morgan fingerprint density at radius 2 is 2.03 bits per heavy atom. The van der Waals surface area contributed by atoms with Crippen LogP contribution in [0.1, 0.15) is 66.3 Å². The normalized spacial score (nSPS) is 17.6. The Hall–Kier alpha value is -2.09. The van der Waals surface area contributed by atoms with Gasteiger partial charge < -0.3 is 0 Å². The topological polar surface area (TPSA) is 58.1 Å². The van der Waals surface area contributed by atoms with E-state index in [9.17, 15) is 4.79 Å². The Labute approximate surface area is 179 Å². The number of amides is 1. The van der Waals surface area contributed by atoms with Gasteiger partial charge in [-0.25, -0.2) is 9.97 Å². The Kier molecular flexibility index (Phi) is 5.81. The van der Waals surface area contributed by atoms with E-state index >= 15 is 0 Å². The van der Waals surface area contributed by atoms with Crippen LogP contribution in [0.4, 0.5) is 5.13 Å². The lowest BCUT2D eigenvalue weighted by atomic mass is 9.87. The molecule has 0 bridgehead atoms. The van der Waals surface area contributed by atoms with Gasteiger partial charge >= 0.3 is 0 Å². The summed E-state index contributed by atoms with van der Waals surface area (Å²) in [6.45, 7) is 8.42. The van der Waals surface area contributed by atoms with E-state index in [4.69, 9.17) is 4.98 Å². The van der Waals surface area contributed by atoms with Crippen LogP contribution >= 0.6 is 22.7 Å². The van der Waals surface area contributed by atoms with Crippen LogP contribution in [0.3, 0.4) is 0 Å². The molecule has 1 atom stereocenters. The van der Waals surface area contributed by atoms with Gasteiger partial charge in [-0.05, 0) is 42.5 Å². The summed E-state index contributed by atoms with van der Waals surface area (Å²) in [6.07, 6.45) is 4.11. The zero-order valence-electron chi connectivity index (χ0n) is 17.0. The SMILES string of the molecule is CC(C)(C)c1ccc(C(=O)Nc2nc(C3CCCN3Cc3nccs3)cs2)cc1. The molecular weight excluding hydrogens is 400 g/mol. The van der Waals surface area contributed by atoms with E-state index in [2.05, 4.69) is 41.4 Å². The molecule has 1 fully saturated rings. The lowest BCUT2D eigenvalue weighted by Crippen LogP contribution is -2.23. The maximum absolute atomic E-state index is 12.6. The average Bonchev–Trinajstić information content (AvgIpc) is 3.43. The first kappa shape index (κ1) is 20.2. The quantitative estimate of drug-likeness (QED) is 0.586. The Morgan fingerprint density at radius 3 is 2.72 bits per heavy atom. The highest BCUT2D eigenvalue weighted by molar-refractivity contribution is 7.14. The van der Waals surface area contributed by atoms with E-state index in [0.717, 1.165) is 36.6 Å². The summed E-state index contributed by atoms with van der Waals surface area (Å²) >= 11 is 3.19. The summed E-state index contributed by atoms with van der Waals surface area (Å²) < 4.78 is 0. The minimum absolute atomic E-state index is 0.0744. The molecule has 1 aliphatic rings. The fourth-order valence-electron chi connectivity index (χ4n) is 3.64. The van der Waals surface area contributed by atoms with Crippen molar-refractivity contribution in [2.45, 2.75) is 51.6 Å². The molecule has 3 aromatic rings. The Balaban J connectivity index is 1.41. The van der Waals surface area contributed by atoms with E-state index in [1.807, 2.05) is 35.8 Å². The highest BCUT2D eigenvalue weighted by atomic mass is 32.1. The number of hydrogen-bond donors (Lipinski definition) is 1. The second kappa shape index (κ2) is 8.34. The number of rotatable bonds is 5. The predicted octanol–water partition coefficient (Wildman–Crippen LogP) is 5.49. The average molecular weight is 427 g/mol. The molecule has 1 unspecified atom stereocenters. The third kappa shape index (κ3) is 4.74. The van der Waals surface area contributed by atoms with Gasteiger partial charge in [0.1, 0.15) is 5.01 Å². The molecule has 29 heavy (non-hydrogen) atoms. The van der Waals surface area contributed by atoms with Crippen LogP contribution in [0.2, 0.25) is 0 Å². The summed E-state index contributed by atoms with van der Waals surface area (Å²) in [7, 11) is 0. The van der Waals surface area contributed by atoms with Gasteiger partial charge in [-0.3, -0.25) is 15.0 Å². The second-order valence-electron chi connectivity index (χ2n) is 8.41. The number of carbonyl (C=O) groups is 1. The molecule has 1 N–H and O–H groups in total. The highest BCUT2D eigenvalue weighted by Crippen LogP contribution is 2.35. The predicted molar refractivity (Wildman–Crippen MR) is 120 cm³/mol. The van der Waals surface area contributed by atoms with E-state index in [0.29, 0.717) is 16.7 Å². The zero-order chi connectivity index (χ0) is 20.4. The van der Waals surface area contributed by atoms with Crippen LogP contribution in [0, 0.1) is 0 Å². The molecule has 1 aliphatic heterocycles. The monoisotopic (exact) mass is 426 g/mol. The van der Waals surface area contributed by atoms with Crippen LogP contribution in [-0.4, -0.2) is 27.3 Å². The van der Waals surface area contributed by atoms with Crippen LogP contribution < -0.4 is 5.32 Å². The maximum atomic E-state index is 12.6. The summed E-state index contributed by atoms with van der Waals surface area (Å²) in [6, 6.07) is 8.12. The number of anilines is 1. The first-order valence-electron chi connectivity index (χ1n) is 9.90. The second-order valence-corrected chi connectivity index (χ2v) is 10.3. The summed E-state index contributed by atoms with van der Waals surface area (Å²) in [4.78, 5) is 24.2. The molecule has 0 spiro atoms. The van der Waals surface area contributed by atoms with Crippen molar-refractivity contribution in [2.24, 2.45) is 0 Å². The fraction of sp³-hybridized carbons (Fsp3) is 0.409. The minimum atomic E-state index is -0.113. The third-order valence-electron chi connectivity index (χ3n) is 5.28. The number of hydrogen-bond acceptors (Lipinski definition) is 6. The van der Waals surface area contributed by atoms with Crippen molar-refractivity contribution in [1.29, 1.82) is 0 Å². The largest absolute Gasteiger partial charge is 0.298 e. The fourth-order valence-corrected chi connectivity index (χ4v) is 5.04. The first-order valence-corrected chi connectivity index (χ1v) is 11.7. The van der Waals surface area contributed by atoms with Gasteiger partial charge in [0, 0.05) is 22.5 Å². The molecule has 3 heterocycles. The van der Waals surface area contributed by atoms with Crippen LogP contribution in [0.5, 0.6) is 0 Å². The number of benzene rings is 1. The molecule has 152 valence electrons. The van der Waals surface area contributed by atoms with Crippen LogP contribution in [0.15, 0.2) is 41.2 Å². The van der Waals surface area contributed by atoms with E-state index in [-0.39, 0.29) is 11.3 Å². The van der Waals surface area contributed by atoms with Gasteiger partial charge in [0.2, 0.25) is 0 Å². The summed E-state index contributed by atoms with van der Waals surface area (Å²) in [5.74, 6) is -0.113. The van der Waals surface area contributed by atoms with Crippen molar-refractivity contribution >= 4 is 33.7 Å². The number of aromatic nitrogens is 2. The van der Waals surface area contributed by atoms with Crippen molar-refractivity contribution in [2.75, 3.05) is 11.9 Å². The van der Waals surface area contributed by atoms with Gasteiger partial charge in [0.15, 0.2) is 5.13 Å². The molecule has 1 aromatic carbocycles. The molecular formula is C22H26N4OS2. The van der Waals surface area contributed by atoms with Gasteiger partial charge in [-0.2, -0.15) is 0 Å². The zero-order valence-corrected chi connectivity index (χ0v) is 18.6. The van der Waals surface area contributed by atoms with Gasteiger partial charge in [-0.15, -0.1) is 22.7 Å². The maximum Gasteiger partial charge on any atom is 0.257 e. The molecule has 0 aliphatic carbocycles. The lowest BCUT2D eigenvalue weighted by Gasteiger charge is -2.21. The third-order valence-corrected chi connectivity index (χ3v) is 6.82. The molecule has 4 rings (SSSR count). The van der Waals surface area contributed by atoms with E-state index in [1.165, 1.54) is 16.9 Å². The minimum Gasteiger partial charge on any atom is -0.298 e. The van der Waals surface area contributed by atoms with E-state index < -0.39 is 0 Å². The molecule has 1 amide bonds. The molecule has 1 saturated heterocycles. The molecule has 5 nitrogen and oxygen atoms in total. The molecule has 0 radical (unpaired) electrons. The number of thiazole rings is 2. The van der Waals surface area contributed by atoms with Crippen molar-refractivity contribution in [1.82, 2.24) is 14.9 Å².